The van der Waals surface area contributed by atoms with Crippen LogP contribution in [0.15, 0.2) is 70.3 Å². The molecular formula is C23H25N5O2S. The second-order valence-corrected chi connectivity index (χ2v) is 8.44. The van der Waals surface area contributed by atoms with Crippen molar-refractivity contribution in [2.24, 2.45) is 5.92 Å². The van der Waals surface area contributed by atoms with E-state index < -0.39 is 0 Å². The molecule has 4 aromatic rings. The van der Waals surface area contributed by atoms with E-state index in [2.05, 4.69) is 38.8 Å². The summed E-state index contributed by atoms with van der Waals surface area (Å²) in [5.41, 5.74) is 0.933. The average Bonchev–Trinajstić information content (AvgIpc) is 3.43. The molecule has 0 aliphatic carbocycles. The molecule has 0 aliphatic rings. The molecular weight excluding hydrogens is 410 g/mol. The highest BCUT2D eigenvalue weighted by Crippen LogP contribution is 2.24. The molecule has 7 nitrogen and oxygen atoms in total. The molecule has 2 heterocycles. The SMILES string of the molecule is CC(C)CCn1c(COc2ccccc2)nnc1SCc1nc(-c2ccccc2)no1. The molecule has 0 amide bonds. The largest absolute Gasteiger partial charge is 0.486 e. The van der Waals surface area contributed by atoms with Crippen LogP contribution in [0.3, 0.4) is 0 Å². The van der Waals surface area contributed by atoms with Crippen LogP contribution >= 0.6 is 11.8 Å². The third kappa shape index (κ3) is 5.73. The molecule has 0 fully saturated rings. The Morgan fingerprint density at radius 2 is 1.74 bits per heavy atom. The van der Waals surface area contributed by atoms with Crippen LogP contribution in [-0.2, 0) is 18.9 Å². The van der Waals surface area contributed by atoms with Gasteiger partial charge in [-0.15, -0.1) is 10.2 Å². The van der Waals surface area contributed by atoms with Gasteiger partial charge in [-0.2, -0.15) is 4.98 Å². The highest BCUT2D eigenvalue weighted by Gasteiger charge is 2.16. The topological polar surface area (TPSA) is 78.9 Å². The van der Waals surface area contributed by atoms with Crippen molar-refractivity contribution in [2.45, 2.75) is 44.3 Å². The molecule has 0 spiro atoms. The lowest BCUT2D eigenvalue weighted by molar-refractivity contribution is 0.285. The van der Waals surface area contributed by atoms with Crippen LogP contribution in [0.5, 0.6) is 5.75 Å². The normalized spacial score (nSPS) is 11.2. The van der Waals surface area contributed by atoms with Crippen LogP contribution in [0.1, 0.15) is 32.0 Å². The highest BCUT2D eigenvalue weighted by atomic mass is 32.2. The molecule has 160 valence electrons. The minimum absolute atomic E-state index is 0.369. The van der Waals surface area contributed by atoms with Gasteiger partial charge in [0, 0.05) is 12.1 Å². The van der Waals surface area contributed by atoms with Crippen LogP contribution in [0.2, 0.25) is 0 Å². The summed E-state index contributed by atoms with van der Waals surface area (Å²) in [6, 6.07) is 19.5. The van der Waals surface area contributed by atoms with Gasteiger partial charge in [-0.05, 0) is 24.5 Å². The Bertz CT molecular complexity index is 1080. The summed E-state index contributed by atoms with van der Waals surface area (Å²) >= 11 is 1.54. The van der Waals surface area contributed by atoms with E-state index in [0.29, 0.717) is 30.0 Å². The minimum Gasteiger partial charge on any atom is -0.486 e. The first-order valence-electron chi connectivity index (χ1n) is 10.3. The quantitative estimate of drug-likeness (QED) is 0.315. The maximum atomic E-state index is 5.89. The molecule has 31 heavy (non-hydrogen) atoms. The zero-order chi connectivity index (χ0) is 21.5. The molecule has 0 bridgehead atoms. The zero-order valence-electron chi connectivity index (χ0n) is 17.6. The maximum absolute atomic E-state index is 5.89. The van der Waals surface area contributed by atoms with Gasteiger partial charge in [-0.3, -0.25) is 0 Å². The maximum Gasteiger partial charge on any atom is 0.237 e. The molecule has 0 radical (unpaired) electrons. The predicted octanol–water partition coefficient (Wildman–Crippen LogP) is 5.25. The summed E-state index contributed by atoms with van der Waals surface area (Å²) in [6.45, 7) is 5.62. The summed E-state index contributed by atoms with van der Waals surface area (Å²) in [5.74, 6) is 3.88. The number of para-hydroxylation sites is 1. The van der Waals surface area contributed by atoms with Gasteiger partial charge in [0.2, 0.25) is 11.7 Å². The standard InChI is InChI=1S/C23H25N5O2S/c1-17(2)13-14-28-20(15-29-19-11-7-4-8-12-19)25-26-23(28)31-16-21-24-22(27-30-21)18-9-5-3-6-10-18/h3-12,17H,13-16H2,1-2H3. The fourth-order valence-corrected chi connectivity index (χ4v) is 3.77. The highest BCUT2D eigenvalue weighted by molar-refractivity contribution is 7.98. The second-order valence-electron chi connectivity index (χ2n) is 7.50. The van der Waals surface area contributed by atoms with Crippen molar-refractivity contribution in [3.05, 3.63) is 72.4 Å². The summed E-state index contributed by atoms with van der Waals surface area (Å²) < 4.78 is 13.4. The monoisotopic (exact) mass is 435 g/mol. The van der Waals surface area contributed by atoms with Crippen LogP contribution in [-0.4, -0.2) is 24.9 Å². The van der Waals surface area contributed by atoms with Crippen LogP contribution in [0.25, 0.3) is 11.4 Å². The number of hydrogen-bond acceptors (Lipinski definition) is 7. The lowest BCUT2D eigenvalue weighted by Crippen LogP contribution is -2.10. The summed E-state index contributed by atoms with van der Waals surface area (Å²) in [4.78, 5) is 4.50. The van der Waals surface area contributed by atoms with Gasteiger partial charge >= 0.3 is 0 Å². The minimum atomic E-state index is 0.369. The van der Waals surface area contributed by atoms with Crippen molar-refractivity contribution in [3.8, 4) is 17.1 Å². The van der Waals surface area contributed by atoms with Gasteiger partial charge in [0.25, 0.3) is 0 Å². The van der Waals surface area contributed by atoms with Crippen molar-refractivity contribution in [2.75, 3.05) is 0 Å². The van der Waals surface area contributed by atoms with E-state index in [-0.39, 0.29) is 0 Å². The van der Waals surface area contributed by atoms with Gasteiger partial charge in [-0.1, -0.05) is 79.3 Å². The molecule has 0 atom stereocenters. The number of nitrogens with zero attached hydrogens (tertiary/aromatic N) is 5. The molecule has 0 unspecified atom stereocenters. The number of ether oxygens (including phenoxy) is 1. The lowest BCUT2D eigenvalue weighted by Gasteiger charge is -2.12. The number of hydrogen-bond donors (Lipinski definition) is 0. The lowest BCUT2D eigenvalue weighted by atomic mass is 10.1. The van der Waals surface area contributed by atoms with E-state index >= 15 is 0 Å². The first-order valence-corrected chi connectivity index (χ1v) is 11.3. The molecule has 0 aliphatic heterocycles. The molecule has 2 aromatic heterocycles. The van der Waals surface area contributed by atoms with Gasteiger partial charge in [0.1, 0.15) is 12.4 Å². The van der Waals surface area contributed by atoms with E-state index in [9.17, 15) is 0 Å². The van der Waals surface area contributed by atoms with E-state index in [4.69, 9.17) is 9.26 Å². The number of rotatable bonds is 10. The van der Waals surface area contributed by atoms with Crippen LogP contribution in [0.4, 0.5) is 0 Å². The number of benzene rings is 2. The van der Waals surface area contributed by atoms with Crippen LogP contribution < -0.4 is 4.74 Å². The van der Waals surface area contributed by atoms with Crippen molar-refractivity contribution < 1.29 is 9.26 Å². The van der Waals surface area contributed by atoms with Gasteiger partial charge in [-0.25, -0.2) is 0 Å². The first-order chi connectivity index (χ1) is 15.2. The van der Waals surface area contributed by atoms with Gasteiger partial charge in [0.15, 0.2) is 11.0 Å². The van der Waals surface area contributed by atoms with E-state index in [1.54, 1.807) is 11.8 Å². The molecule has 0 saturated carbocycles. The van der Waals surface area contributed by atoms with E-state index in [0.717, 1.165) is 35.3 Å². The van der Waals surface area contributed by atoms with E-state index in [1.165, 1.54) is 0 Å². The van der Waals surface area contributed by atoms with Gasteiger partial charge in [0.05, 0.1) is 5.75 Å². The summed E-state index contributed by atoms with van der Waals surface area (Å²) in [5, 5.41) is 13.7. The van der Waals surface area contributed by atoms with Gasteiger partial charge < -0.3 is 13.8 Å². The van der Waals surface area contributed by atoms with Crippen LogP contribution in [0, 0.1) is 5.92 Å². The molecule has 0 N–H and O–H groups in total. The molecule has 2 aromatic carbocycles. The second kappa shape index (κ2) is 10.3. The Balaban J connectivity index is 1.44. The Morgan fingerprint density at radius 1 is 1.00 bits per heavy atom. The number of aromatic nitrogens is 5. The van der Waals surface area contributed by atoms with Crippen molar-refractivity contribution >= 4 is 11.8 Å². The third-order valence-corrected chi connectivity index (χ3v) is 5.61. The Morgan fingerprint density at radius 3 is 2.48 bits per heavy atom. The Kier molecular flexibility index (Phi) is 6.99. The first kappa shape index (κ1) is 21.1. The van der Waals surface area contributed by atoms with E-state index in [1.807, 2.05) is 60.7 Å². The fourth-order valence-electron chi connectivity index (χ4n) is 2.95. The Labute approximate surface area is 185 Å². The number of thioether (sulfide) groups is 1. The third-order valence-electron chi connectivity index (χ3n) is 4.66. The molecule has 8 heteroatoms. The smallest absolute Gasteiger partial charge is 0.237 e. The van der Waals surface area contributed by atoms with Crippen molar-refractivity contribution in [3.63, 3.8) is 0 Å². The average molecular weight is 436 g/mol. The summed E-state index contributed by atoms with van der Waals surface area (Å²) in [7, 11) is 0. The predicted molar refractivity (Wildman–Crippen MR) is 120 cm³/mol. The zero-order valence-corrected chi connectivity index (χ0v) is 18.5. The molecule has 0 saturated heterocycles. The Hall–Kier alpha value is -3.13. The molecule has 4 rings (SSSR count). The van der Waals surface area contributed by atoms with Crippen molar-refractivity contribution in [1.82, 2.24) is 24.9 Å². The summed E-state index contributed by atoms with van der Waals surface area (Å²) in [6.07, 6.45) is 1.03. The fraction of sp³-hybridized carbons (Fsp3) is 0.304. The van der Waals surface area contributed by atoms with Crippen molar-refractivity contribution in [1.29, 1.82) is 0 Å².